The first kappa shape index (κ1) is 11.8. The second-order valence-electron chi connectivity index (χ2n) is 4.83. The van der Waals surface area contributed by atoms with Crippen LogP contribution in [0.3, 0.4) is 0 Å². The number of unbranched alkanes of at least 4 members (excludes halogenated alkanes) is 1. The van der Waals surface area contributed by atoms with Crippen molar-refractivity contribution >= 4 is 8.07 Å². The summed E-state index contributed by atoms with van der Waals surface area (Å²) in [5, 5.41) is 8.61. The molecule has 1 aliphatic rings. The van der Waals surface area contributed by atoms with Gasteiger partial charge >= 0.3 is 0 Å². The number of ether oxygens (including phenoxy) is 1. The summed E-state index contributed by atoms with van der Waals surface area (Å²) in [7, 11) is -1.23. The van der Waals surface area contributed by atoms with Crippen LogP contribution in [0.1, 0.15) is 19.3 Å². The molecule has 0 bridgehead atoms. The van der Waals surface area contributed by atoms with E-state index >= 15 is 0 Å². The summed E-state index contributed by atoms with van der Waals surface area (Å²) >= 11 is 0. The zero-order valence-electron chi connectivity index (χ0n) is 9.34. The minimum Gasteiger partial charge on any atom is -0.396 e. The van der Waals surface area contributed by atoms with Gasteiger partial charge in [0.15, 0.2) is 0 Å². The molecular formula is C11H20O2Si. The lowest BCUT2D eigenvalue weighted by atomic mass is 10.1. The molecule has 1 N–H and O–H groups in total. The average molecular weight is 212 g/mol. The van der Waals surface area contributed by atoms with Crippen molar-refractivity contribution in [3.05, 3.63) is 0 Å². The van der Waals surface area contributed by atoms with E-state index in [0.717, 1.165) is 19.3 Å². The molecule has 2 nitrogen and oxygen atoms in total. The Morgan fingerprint density at radius 1 is 1.29 bits per heavy atom. The number of aliphatic hydroxyl groups excluding tert-OH is 1. The van der Waals surface area contributed by atoms with Crippen molar-refractivity contribution < 1.29 is 9.84 Å². The summed E-state index contributed by atoms with van der Waals surface area (Å²) in [4.78, 5) is 0. The highest BCUT2D eigenvalue weighted by Crippen LogP contribution is 2.26. The molecule has 2 atom stereocenters. The molecule has 1 saturated heterocycles. The Labute approximate surface area is 87.7 Å². The first-order valence-corrected chi connectivity index (χ1v) is 8.82. The van der Waals surface area contributed by atoms with E-state index in [9.17, 15) is 0 Å². The molecule has 14 heavy (non-hydrogen) atoms. The Balaban J connectivity index is 2.16. The fraction of sp³-hybridized carbons (Fsp3) is 0.818. The highest BCUT2D eigenvalue weighted by atomic mass is 28.3. The summed E-state index contributed by atoms with van der Waals surface area (Å²) < 4.78 is 5.43. The van der Waals surface area contributed by atoms with Crippen LogP contribution in [0.2, 0.25) is 19.6 Å². The van der Waals surface area contributed by atoms with Gasteiger partial charge in [0, 0.05) is 6.61 Å². The fourth-order valence-electron chi connectivity index (χ4n) is 1.23. The third-order valence-corrected chi connectivity index (χ3v) is 2.96. The largest absolute Gasteiger partial charge is 0.396 e. The van der Waals surface area contributed by atoms with Crippen LogP contribution >= 0.6 is 0 Å². The molecule has 0 aromatic carbocycles. The van der Waals surface area contributed by atoms with E-state index in [0.29, 0.717) is 6.10 Å². The van der Waals surface area contributed by atoms with Crippen LogP contribution in [0.5, 0.6) is 0 Å². The van der Waals surface area contributed by atoms with Gasteiger partial charge in [-0.2, -0.15) is 0 Å². The third-order valence-electron chi connectivity index (χ3n) is 2.07. The molecule has 0 aromatic rings. The van der Waals surface area contributed by atoms with Crippen molar-refractivity contribution in [2.45, 2.75) is 51.1 Å². The molecular weight excluding hydrogens is 192 g/mol. The third kappa shape index (κ3) is 4.80. The number of epoxide rings is 1. The molecule has 80 valence electrons. The van der Waals surface area contributed by atoms with Crippen molar-refractivity contribution in [1.29, 1.82) is 0 Å². The van der Waals surface area contributed by atoms with Gasteiger partial charge < -0.3 is 9.84 Å². The maximum atomic E-state index is 8.61. The fourth-order valence-corrected chi connectivity index (χ4v) is 1.81. The molecule has 0 spiro atoms. The van der Waals surface area contributed by atoms with Gasteiger partial charge in [-0.3, -0.25) is 0 Å². The van der Waals surface area contributed by atoms with Crippen LogP contribution in [0.4, 0.5) is 0 Å². The predicted octanol–water partition coefficient (Wildman–Crippen LogP) is 1.80. The summed E-state index contributed by atoms with van der Waals surface area (Å²) in [6.07, 6.45) is 3.53. The lowest BCUT2D eigenvalue weighted by molar-refractivity contribution is 0.278. The van der Waals surface area contributed by atoms with Crippen molar-refractivity contribution in [1.82, 2.24) is 0 Å². The Kier molecular flexibility index (Phi) is 4.18. The lowest BCUT2D eigenvalue weighted by Crippen LogP contribution is -2.16. The topological polar surface area (TPSA) is 32.8 Å². The zero-order chi connectivity index (χ0) is 10.6. The molecule has 0 aliphatic carbocycles. The Morgan fingerprint density at radius 2 is 2.00 bits per heavy atom. The maximum Gasteiger partial charge on any atom is 0.144 e. The minimum atomic E-state index is -1.23. The Hall–Kier alpha value is -0.303. The Morgan fingerprint density at radius 3 is 2.57 bits per heavy atom. The van der Waals surface area contributed by atoms with Crippen LogP contribution < -0.4 is 0 Å². The summed E-state index contributed by atoms with van der Waals surface area (Å²) in [5.74, 6) is 3.20. The zero-order valence-corrected chi connectivity index (χ0v) is 10.3. The highest BCUT2D eigenvalue weighted by molar-refractivity contribution is 6.83. The van der Waals surface area contributed by atoms with E-state index in [1.807, 2.05) is 0 Å². The standard InChI is InChI=1S/C11H20O2Si/c1-14(2,3)9-7-11-10(13-11)6-4-5-8-12/h10-12H,4-6,8H2,1-3H3/t10-,11-/m1/s1. The predicted molar refractivity (Wildman–Crippen MR) is 60.7 cm³/mol. The normalized spacial score (nSPS) is 25.4. The van der Waals surface area contributed by atoms with E-state index in [1.165, 1.54) is 0 Å². The number of hydrogen-bond donors (Lipinski definition) is 1. The van der Waals surface area contributed by atoms with Gasteiger partial charge in [-0.05, 0) is 19.3 Å². The van der Waals surface area contributed by atoms with Crippen LogP contribution in [-0.4, -0.2) is 32.0 Å². The van der Waals surface area contributed by atoms with Gasteiger partial charge in [0.1, 0.15) is 14.2 Å². The molecule has 0 aromatic heterocycles. The number of rotatable bonds is 4. The molecule has 0 amide bonds. The monoisotopic (exact) mass is 212 g/mol. The van der Waals surface area contributed by atoms with Gasteiger partial charge in [0.25, 0.3) is 0 Å². The number of aliphatic hydroxyl groups is 1. The second-order valence-corrected chi connectivity index (χ2v) is 9.58. The molecule has 1 fully saturated rings. The SMILES string of the molecule is C[Si](C)(C)C#C[C@H]1O[C@@H]1CCCCO. The van der Waals surface area contributed by atoms with Crippen LogP contribution in [0.25, 0.3) is 0 Å². The molecule has 0 saturated carbocycles. The van der Waals surface area contributed by atoms with E-state index in [2.05, 4.69) is 31.1 Å². The van der Waals surface area contributed by atoms with Crippen LogP contribution in [-0.2, 0) is 4.74 Å². The van der Waals surface area contributed by atoms with Gasteiger partial charge in [0.2, 0.25) is 0 Å². The van der Waals surface area contributed by atoms with Gasteiger partial charge in [-0.25, -0.2) is 0 Å². The van der Waals surface area contributed by atoms with E-state index < -0.39 is 8.07 Å². The first-order chi connectivity index (χ1) is 6.53. The van der Waals surface area contributed by atoms with E-state index in [-0.39, 0.29) is 12.7 Å². The second kappa shape index (κ2) is 4.97. The summed E-state index contributed by atoms with van der Waals surface area (Å²) in [6.45, 7) is 7.01. The van der Waals surface area contributed by atoms with Crippen LogP contribution in [0.15, 0.2) is 0 Å². The van der Waals surface area contributed by atoms with Crippen molar-refractivity contribution in [2.75, 3.05) is 6.61 Å². The summed E-state index contributed by atoms with van der Waals surface area (Å²) in [6, 6.07) is 0. The van der Waals surface area contributed by atoms with Crippen molar-refractivity contribution in [3.8, 4) is 11.5 Å². The van der Waals surface area contributed by atoms with Crippen LogP contribution in [0, 0.1) is 11.5 Å². The minimum absolute atomic E-state index is 0.195. The van der Waals surface area contributed by atoms with Gasteiger partial charge in [-0.1, -0.05) is 25.6 Å². The number of hydrogen-bond acceptors (Lipinski definition) is 2. The van der Waals surface area contributed by atoms with Gasteiger partial charge in [0.05, 0.1) is 6.10 Å². The van der Waals surface area contributed by atoms with Crippen molar-refractivity contribution in [3.63, 3.8) is 0 Å². The maximum absolute atomic E-state index is 8.61. The lowest BCUT2D eigenvalue weighted by Gasteiger charge is -2.02. The van der Waals surface area contributed by atoms with Gasteiger partial charge in [-0.15, -0.1) is 5.54 Å². The molecule has 1 rings (SSSR count). The average Bonchev–Trinajstić information content (AvgIpc) is 2.80. The molecule has 3 heteroatoms. The smallest absolute Gasteiger partial charge is 0.144 e. The van der Waals surface area contributed by atoms with Crippen molar-refractivity contribution in [2.24, 2.45) is 0 Å². The quantitative estimate of drug-likeness (QED) is 0.333. The first-order valence-electron chi connectivity index (χ1n) is 5.32. The van der Waals surface area contributed by atoms with E-state index in [4.69, 9.17) is 9.84 Å². The molecule has 1 aliphatic heterocycles. The highest BCUT2D eigenvalue weighted by Gasteiger charge is 2.36. The molecule has 0 radical (unpaired) electrons. The summed E-state index contributed by atoms with van der Waals surface area (Å²) in [5.41, 5.74) is 3.32. The molecule has 1 heterocycles. The van der Waals surface area contributed by atoms with E-state index in [1.54, 1.807) is 0 Å². The molecule has 0 unspecified atom stereocenters. The Bertz CT molecular complexity index is 234.